The van der Waals surface area contributed by atoms with E-state index >= 15 is 0 Å². The fraction of sp³-hybridized carbons (Fsp3) is 0.533. The highest BCUT2D eigenvalue weighted by Crippen LogP contribution is 2.41. The Morgan fingerprint density at radius 3 is 2.55 bits per heavy atom. The Kier molecular flexibility index (Phi) is 4.62. The lowest BCUT2D eigenvalue weighted by atomic mass is 10.0. The maximum atomic E-state index is 11.9. The molecule has 2 amide bonds. The van der Waals surface area contributed by atoms with Gasteiger partial charge in [-0.05, 0) is 43.4 Å². The quantitative estimate of drug-likeness (QED) is 0.745. The lowest BCUT2D eigenvalue weighted by Gasteiger charge is -2.28. The van der Waals surface area contributed by atoms with Gasteiger partial charge in [-0.3, -0.25) is 0 Å². The van der Waals surface area contributed by atoms with E-state index in [0.29, 0.717) is 19.0 Å². The number of methoxy groups -OCH3 is 1. The van der Waals surface area contributed by atoms with Crippen LogP contribution in [0.25, 0.3) is 0 Å². The van der Waals surface area contributed by atoms with Gasteiger partial charge >= 0.3 is 6.03 Å². The molecule has 0 heterocycles. The normalized spacial score (nSPS) is 17.4. The zero-order valence-electron chi connectivity index (χ0n) is 12.1. The van der Waals surface area contributed by atoms with Gasteiger partial charge in [-0.15, -0.1) is 0 Å². The number of nitrogens with two attached hydrogens (primary N) is 1. The lowest BCUT2D eigenvalue weighted by molar-refractivity contribution is -0.00963. The minimum absolute atomic E-state index is 0.213. The van der Waals surface area contributed by atoms with Gasteiger partial charge in [0.2, 0.25) is 0 Å². The number of hydrogen-bond donors (Lipinski definition) is 3. The Morgan fingerprint density at radius 1 is 1.40 bits per heavy atom. The Balaban J connectivity index is 1.82. The molecule has 1 aromatic carbocycles. The standard InChI is InChI=1S/C15H23N3O2/c1-15(20-2,12-5-6-12)10-17-14(19)18-13-7-3-11(9-16)4-8-13/h3-4,7-8,12H,5-6,9-10,16H2,1-2H3,(H2,17,18,19). The van der Waals surface area contributed by atoms with E-state index in [4.69, 9.17) is 10.5 Å². The molecule has 1 aliphatic rings. The summed E-state index contributed by atoms with van der Waals surface area (Å²) in [4.78, 5) is 11.9. The predicted octanol–water partition coefficient (Wildman–Crippen LogP) is 2.08. The smallest absolute Gasteiger partial charge is 0.319 e. The molecule has 5 heteroatoms. The maximum absolute atomic E-state index is 11.9. The van der Waals surface area contributed by atoms with Crippen molar-refractivity contribution in [1.82, 2.24) is 5.32 Å². The number of urea groups is 1. The van der Waals surface area contributed by atoms with Crippen LogP contribution in [0.4, 0.5) is 10.5 Å². The second-order valence-electron chi connectivity index (χ2n) is 5.50. The van der Waals surface area contributed by atoms with Crippen molar-refractivity contribution in [2.75, 3.05) is 19.0 Å². The van der Waals surface area contributed by atoms with Crippen LogP contribution in [-0.2, 0) is 11.3 Å². The number of anilines is 1. The summed E-state index contributed by atoms with van der Waals surface area (Å²) in [6.07, 6.45) is 2.35. The maximum Gasteiger partial charge on any atom is 0.319 e. The number of carbonyl (C=O) groups is 1. The van der Waals surface area contributed by atoms with Crippen LogP contribution in [0.15, 0.2) is 24.3 Å². The summed E-state index contributed by atoms with van der Waals surface area (Å²) in [6.45, 7) is 3.06. The van der Waals surface area contributed by atoms with E-state index in [9.17, 15) is 4.79 Å². The Hall–Kier alpha value is -1.59. The van der Waals surface area contributed by atoms with Gasteiger partial charge < -0.3 is 21.1 Å². The summed E-state index contributed by atoms with van der Waals surface area (Å²) in [7, 11) is 1.70. The van der Waals surface area contributed by atoms with Gasteiger partial charge in [0.25, 0.3) is 0 Å². The van der Waals surface area contributed by atoms with E-state index in [0.717, 1.165) is 11.3 Å². The van der Waals surface area contributed by atoms with E-state index in [2.05, 4.69) is 10.6 Å². The van der Waals surface area contributed by atoms with Crippen molar-refractivity contribution in [3.05, 3.63) is 29.8 Å². The predicted molar refractivity (Wildman–Crippen MR) is 79.5 cm³/mol. The monoisotopic (exact) mass is 277 g/mol. The molecular weight excluding hydrogens is 254 g/mol. The van der Waals surface area contributed by atoms with E-state index < -0.39 is 0 Å². The highest BCUT2D eigenvalue weighted by molar-refractivity contribution is 5.89. The molecule has 0 bridgehead atoms. The van der Waals surface area contributed by atoms with Crippen molar-refractivity contribution in [3.63, 3.8) is 0 Å². The largest absolute Gasteiger partial charge is 0.376 e. The van der Waals surface area contributed by atoms with Gasteiger partial charge in [-0.1, -0.05) is 12.1 Å². The second kappa shape index (κ2) is 6.24. The van der Waals surface area contributed by atoms with Crippen LogP contribution < -0.4 is 16.4 Å². The van der Waals surface area contributed by atoms with Gasteiger partial charge in [0.1, 0.15) is 0 Å². The van der Waals surface area contributed by atoms with Gasteiger partial charge in [0.15, 0.2) is 0 Å². The van der Waals surface area contributed by atoms with Gasteiger partial charge in [0, 0.05) is 25.9 Å². The van der Waals surface area contributed by atoms with E-state index in [1.54, 1.807) is 7.11 Å². The molecule has 4 N–H and O–H groups in total. The summed E-state index contributed by atoms with van der Waals surface area (Å²) in [5.74, 6) is 0.552. The lowest BCUT2D eigenvalue weighted by Crippen LogP contribution is -2.45. The van der Waals surface area contributed by atoms with Crippen molar-refractivity contribution in [2.45, 2.75) is 31.9 Å². The number of nitrogens with one attached hydrogen (secondary N) is 2. The second-order valence-corrected chi connectivity index (χ2v) is 5.50. The average molecular weight is 277 g/mol. The van der Waals surface area contributed by atoms with Crippen LogP contribution in [-0.4, -0.2) is 25.3 Å². The third-order valence-corrected chi connectivity index (χ3v) is 3.95. The first-order valence-electron chi connectivity index (χ1n) is 6.96. The van der Waals surface area contributed by atoms with Crippen molar-refractivity contribution in [2.24, 2.45) is 11.7 Å². The van der Waals surface area contributed by atoms with Crippen LogP contribution in [0.1, 0.15) is 25.3 Å². The number of benzene rings is 1. The zero-order valence-corrected chi connectivity index (χ0v) is 12.1. The van der Waals surface area contributed by atoms with E-state index in [1.807, 2.05) is 31.2 Å². The summed E-state index contributed by atoms with van der Waals surface area (Å²) in [5.41, 5.74) is 7.06. The summed E-state index contributed by atoms with van der Waals surface area (Å²) < 4.78 is 5.54. The fourth-order valence-corrected chi connectivity index (χ4v) is 2.23. The molecule has 20 heavy (non-hydrogen) atoms. The van der Waals surface area contributed by atoms with Gasteiger partial charge in [-0.25, -0.2) is 4.79 Å². The van der Waals surface area contributed by atoms with Crippen molar-refractivity contribution in [3.8, 4) is 0 Å². The number of amides is 2. The van der Waals surface area contributed by atoms with Crippen LogP contribution in [0.2, 0.25) is 0 Å². The van der Waals surface area contributed by atoms with E-state index in [-0.39, 0.29) is 11.6 Å². The van der Waals surface area contributed by atoms with Crippen LogP contribution in [0.3, 0.4) is 0 Å². The molecule has 0 aliphatic heterocycles. The highest BCUT2D eigenvalue weighted by atomic mass is 16.5. The molecule has 0 spiro atoms. The van der Waals surface area contributed by atoms with Gasteiger partial charge in [-0.2, -0.15) is 0 Å². The number of hydrogen-bond acceptors (Lipinski definition) is 3. The molecule has 0 saturated heterocycles. The molecule has 1 atom stereocenters. The summed E-state index contributed by atoms with van der Waals surface area (Å²) in [6, 6.07) is 7.28. The van der Waals surface area contributed by atoms with Gasteiger partial charge in [0.05, 0.1) is 5.60 Å². The third-order valence-electron chi connectivity index (χ3n) is 3.95. The highest BCUT2D eigenvalue weighted by Gasteiger charge is 2.41. The summed E-state index contributed by atoms with van der Waals surface area (Å²) in [5, 5.41) is 5.68. The van der Waals surface area contributed by atoms with Crippen molar-refractivity contribution in [1.29, 1.82) is 0 Å². The van der Waals surface area contributed by atoms with Crippen LogP contribution >= 0.6 is 0 Å². The fourth-order valence-electron chi connectivity index (χ4n) is 2.23. The molecule has 0 radical (unpaired) electrons. The molecule has 1 aliphatic carbocycles. The SMILES string of the molecule is COC(C)(CNC(=O)Nc1ccc(CN)cc1)C1CC1. The average Bonchev–Trinajstić information content (AvgIpc) is 3.30. The molecule has 110 valence electrons. The number of carbonyl (C=O) groups excluding carboxylic acids is 1. The Bertz CT molecular complexity index is 457. The minimum Gasteiger partial charge on any atom is -0.376 e. The number of rotatable bonds is 6. The molecule has 5 nitrogen and oxygen atoms in total. The van der Waals surface area contributed by atoms with Crippen LogP contribution in [0.5, 0.6) is 0 Å². The Labute approximate surface area is 119 Å². The zero-order chi connectivity index (χ0) is 14.6. The molecule has 0 aromatic heterocycles. The van der Waals surface area contributed by atoms with Crippen molar-refractivity contribution >= 4 is 11.7 Å². The molecule has 2 rings (SSSR count). The third kappa shape index (κ3) is 3.71. The first kappa shape index (κ1) is 14.8. The molecule has 1 saturated carbocycles. The topological polar surface area (TPSA) is 76.4 Å². The van der Waals surface area contributed by atoms with Crippen molar-refractivity contribution < 1.29 is 9.53 Å². The van der Waals surface area contributed by atoms with Crippen LogP contribution in [0, 0.1) is 5.92 Å². The molecule has 1 aromatic rings. The number of ether oxygens (including phenoxy) is 1. The minimum atomic E-state index is -0.263. The first-order chi connectivity index (χ1) is 9.57. The first-order valence-corrected chi connectivity index (χ1v) is 6.96. The molecule has 1 unspecified atom stereocenters. The Morgan fingerprint density at radius 2 is 2.05 bits per heavy atom. The summed E-state index contributed by atoms with van der Waals surface area (Å²) >= 11 is 0. The molecule has 1 fully saturated rings. The van der Waals surface area contributed by atoms with E-state index in [1.165, 1.54) is 12.8 Å². The molecular formula is C15H23N3O2.